The van der Waals surface area contributed by atoms with Crippen LogP contribution < -0.4 is 5.56 Å². The number of halogens is 1. The molecule has 0 radical (unpaired) electrons. The van der Waals surface area contributed by atoms with E-state index in [9.17, 15) is 4.79 Å². The van der Waals surface area contributed by atoms with Crippen LogP contribution in [-0.4, -0.2) is 15.0 Å². The van der Waals surface area contributed by atoms with Crippen LogP contribution in [0.25, 0.3) is 20.7 Å². The van der Waals surface area contributed by atoms with Gasteiger partial charge in [-0.25, -0.2) is 9.97 Å². The first kappa shape index (κ1) is 17.4. The molecule has 0 atom stereocenters. The van der Waals surface area contributed by atoms with Crippen LogP contribution in [0.15, 0.2) is 35.1 Å². The summed E-state index contributed by atoms with van der Waals surface area (Å²) in [7, 11) is 0. The van der Waals surface area contributed by atoms with Crippen molar-refractivity contribution < 1.29 is 0 Å². The van der Waals surface area contributed by atoms with E-state index >= 15 is 0 Å². The molecule has 1 N–H and O–H groups in total. The van der Waals surface area contributed by atoms with Crippen molar-refractivity contribution in [1.29, 1.82) is 0 Å². The average molecular weight is 402 g/mol. The Hall–Kier alpha value is -2.02. The Kier molecular flexibility index (Phi) is 4.65. The molecule has 0 aliphatic heterocycles. The van der Waals surface area contributed by atoms with E-state index in [4.69, 9.17) is 11.6 Å². The van der Waals surface area contributed by atoms with Gasteiger partial charge in [-0.3, -0.25) is 4.79 Å². The number of aryl methyl sites for hydroxylation is 2. The van der Waals surface area contributed by atoms with E-state index < -0.39 is 0 Å². The lowest BCUT2D eigenvalue weighted by Crippen LogP contribution is -2.10. The summed E-state index contributed by atoms with van der Waals surface area (Å²) in [6, 6.07) is 9.56. The average Bonchev–Trinajstić information content (AvgIpc) is 3.19. The van der Waals surface area contributed by atoms with Crippen molar-refractivity contribution in [2.75, 3.05) is 0 Å². The quantitative estimate of drug-likeness (QED) is 0.509. The molecule has 0 aliphatic rings. The third kappa shape index (κ3) is 3.20. The Labute approximate surface area is 163 Å². The molecule has 0 amide bonds. The van der Waals surface area contributed by atoms with Gasteiger partial charge in [0.15, 0.2) is 0 Å². The van der Waals surface area contributed by atoms with Crippen molar-refractivity contribution in [3.63, 3.8) is 0 Å². The van der Waals surface area contributed by atoms with E-state index in [2.05, 4.69) is 28.8 Å². The Morgan fingerprint density at radius 3 is 2.73 bits per heavy atom. The van der Waals surface area contributed by atoms with Gasteiger partial charge >= 0.3 is 0 Å². The summed E-state index contributed by atoms with van der Waals surface area (Å²) in [5.41, 5.74) is 2.62. The number of nitrogens with zero attached hydrogens (tertiary/aromatic N) is 2. The zero-order chi connectivity index (χ0) is 18.3. The second kappa shape index (κ2) is 6.95. The second-order valence-corrected chi connectivity index (χ2v) is 8.71. The SMILES string of the molecule is CCc1nc(Cc2nc3cc(-c4ccccc4Cl)sc3c(=O)[nH]2)sc1C. The number of H-pyrrole nitrogens is 1. The molecule has 0 bridgehead atoms. The number of fused-ring (bicyclic) bond motifs is 1. The maximum absolute atomic E-state index is 12.5. The van der Waals surface area contributed by atoms with E-state index in [1.165, 1.54) is 16.2 Å². The fourth-order valence-electron chi connectivity index (χ4n) is 2.90. The summed E-state index contributed by atoms with van der Waals surface area (Å²) in [6.07, 6.45) is 1.45. The van der Waals surface area contributed by atoms with Gasteiger partial charge in [0.05, 0.1) is 17.6 Å². The molecule has 0 saturated carbocycles. The molecule has 4 rings (SSSR count). The highest BCUT2D eigenvalue weighted by atomic mass is 35.5. The first-order valence-corrected chi connectivity index (χ1v) is 10.3. The van der Waals surface area contributed by atoms with Gasteiger partial charge in [-0.2, -0.15) is 0 Å². The van der Waals surface area contributed by atoms with E-state index in [1.807, 2.05) is 30.3 Å². The van der Waals surface area contributed by atoms with Crippen molar-refractivity contribution in [3.8, 4) is 10.4 Å². The molecule has 132 valence electrons. The Bertz CT molecular complexity index is 1160. The standard InChI is InChI=1S/C19H16ClN3OS2/c1-3-13-10(2)25-17(22-13)9-16-21-14-8-15(26-18(14)19(24)23-16)11-6-4-5-7-12(11)20/h4-8H,3,9H2,1-2H3,(H,21,23,24). The van der Waals surface area contributed by atoms with Gasteiger partial charge in [0.25, 0.3) is 5.56 Å². The normalized spacial score (nSPS) is 11.3. The maximum atomic E-state index is 12.5. The monoisotopic (exact) mass is 401 g/mol. The van der Waals surface area contributed by atoms with Gasteiger partial charge in [-0.05, 0) is 25.5 Å². The number of hydrogen-bond donors (Lipinski definition) is 1. The van der Waals surface area contributed by atoms with Gasteiger partial charge in [0.2, 0.25) is 0 Å². The molecule has 7 heteroatoms. The largest absolute Gasteiger partial charge is 0.309 e. The van der Waals surface area contributed by atoms with Gasteiger partial charge in [-0.1, -0.05) is 36.7 Å². The molecule has 0 unspecified atom stereocenters. The van der Waals surface area contributed by atoms with Crippen LogP contribution in [0, 0.1) is 6.92 Å². The van der Waals surface area contributed by atoms with Crippen LogP contribution in [0.4, 0.5) is 0 Å². The first-order chi connectivity index (χ1) is 12.5. The van der Waals surface area contributed by atoms with Crippen molar-refractivity contribution in [2.45, 2.75) is 26.7 Å². The Morgan fingerprint density at radius 1 is 1.19 bits per heavy atom. The predicted molar refractivity (Wildman–Crippen MR) is 110 cm³/mol. The molecule has 0 fully saturated rings. The molecular weight excluding hydrogens is 386 g/mol. The van der Waals surface area contributed by atoms with Crippen molar-refractivity contribution in [3.05, 3.63) is 67.1 Å². The highest BCUT2D eigenvalue weighted by Gasteiger charge is 2.14. The number of benzene rings is 1. The minimum absolute atomic E-state index is 0.114. The van der Waals surface area contributed by atoms with E-state index in [-0.39, 0.29) is 5.56 Å². The Morgan fingerprint density at radius 2 is 2.00 bits per heavy atom. The molecule has 4 nitrogen and oxygen atoms in total. The molecule has 3 aromatic heterocycles. The van der Waals surface area contributed by atoms with Crippen molar-refractivity contribution >= 4 is 44.5 Å². The fraction of sp³-hybridized carbons (Fsp3) is 0.211. The zero-order valence-electron chi connectivity index (χ0n) is 14.3. The van der Waals surface area contributed by atoms with Crippen LogP contribution in [0.5, 0.6) is 0 Å². The van der Waals surface area contributed by atoms with Crippen LogP contribution in [0.2, 0.25) is 5.02 Å². The summed E-state index contributed by atoms with van der Waals surface area (Å²) in [6.45, 7) is 4.17. The van der Waals surface area contributed by atoms with E-state index in [0.29, 0.717) is 27.5 Å². The lowest BCUT2D eigenvalue weighted by molar-refractivity contribution is 0.942. The first-order valence-electron chi connectivity index (χ1n) is 8.28. The van der Waals surface area contributed by atoms with Crippen molar-refractivity contribution in [1.82, 2.24) is 15.0 Å². The molecule has 26 heavy (non-hydrogen) atoms. The smallest absolute Gasteiger partial charge is 0.268 e. The third-order valence-electron chi connectivity index (χ3n) is 4.16. The topological polar surface area (TPSA) is 58.6 Å². The summed E-state index contributed by atoms with van der Waals surface area (Å²) >= 11 is 9.36. The minimum Gasteiger partial charge on any atom is -0.309 e. The van der Waals surface area contributed by atoms with Gasteiger partial charge in [-0.15, -0.1) is 22.7 Å². The number of aromatic amines is 1. The summed E-state index contributed by atoms with van der Waals surface area (Å²) < 4.78 is 0.619. The highest BCUT2D eigenvalue weighted by molar-refractivity contribution is 7.22. The molecule has 4 aromatic rings. The lowest BCUT2D eigenvalue weighted by atomic mass is 10.2. The molecule has 1 aromatic carbocycles. The minimum atomic E-state index is -0.114. The van der Waals surface area contributed by atoms with Crippen LogP contribution in [-0.2, 0) is 12.8 Å². The summed E-state index contributed by atoms with van der Waals surface area (Å²) in [5, 5.41) is 1.64. The summed E-state index contributed by atoms with van der Waals surface area (Å²) in [5.74, 6) is 0.641. The summed E-state index contributed by atoms with van der Waals surface area (Å²) in [4.78, 5) is 26.9. The number of aromatic nitrogens is 3. The molecule has 0 spiro atoms. The van der Waals surface area contributed by atoms with Crippen LogP contribution >= 0.6 is 34.3 Å². The number of nitrogens with one attached hydrogen (secondary N) is 1. The lowest BCUT2D eigenvalue weighted by Gasteiger charge is -1.98. The third-order valence-corrected chi connectivity index (χ3v) is 6.66. The number of hydrogen-bond acceptors (Lipinski definition) is 5. The van der Waals surface area contributed by atoms with Crippen molar-refractivity contribution in [2.24, 2.45) is 0 Å². The maximum Gasteiger partial charge on any atom is 0.268 e. The number of thiophene rings is 1. The van der Waals surface area contributed by atoms with E-state index in [0.717, 1.165) is 27.6 Å². The van der Waals surface area contributed by atoms with E-state index in [1.54, 1.807) is 11.3 Å². The molecule has 0 saturated heterocycles. The second-order valence-electron chi connectivity index (χ2n) is 5.96. The number of rotatable bonds is 4. The number of thiazole rings is 1. The van der Waals surface area contributed by atoms with Gasteiger partial charge < -0.3 is 4.98 Å². The zero-order valence-corrected chi connectivity index (χ0v) is 16.7. The van der Waals surface area contributed by atoms with Crippen LogP contribution in [0.3, 0.4) is 0 Å². The molecule has 0 aliphatic carbocycles. The fourth-order valence-corrected chi connectivity index (χ4v) is 5.25. The molecule has 3 heterocycles. The van der Waals surface area contributed by atoms with Crippen LogP contribution in [0.1, 0.15) is 28.3 Å². The van der Waals surface area contributed by atoms with Gasteiger partial charge in [0, 0.05) is 20.3 Å². The predicted octanol–water partition coefficient (Wildman–Crippen LogP) is 5.22. The van der Waals surface area contributed by atoms with Gasteiger partial charge in [0.1, 0.15) is 15.5 Å². The molecular formula is C19H16ClN3OS2. The highest BCUT2D eigenvalue weighted by Crippen LogP contribution is 2.35. The Balaban J connectivity index is 1.74.